The summed E-state index contributed by atoms with van der Waals surface area (Å²) in [6.07, 6.45) is -5.31. The van der Waals surface area contributed by atoms with Crippen LogP contribution in [0.15, 0.2) is 0 Å². The third-order valence-corrected chi connectivity index (χ3v) is 4.24. The number of ether oxygens (including phenoxy) is 3. The minimum absolute atomic E-state index is 0.0382. The lowest BCUT2D eigenvalue weighted by molar-refractivity contribution is -0.226. The number of phosphoric ester groups is 1. The Morgan fingerprint density at radius 2 is 2.09 bits per heavy atom. The van der Waals surface area contributed by atoms with Gasteiger partial charge in [0, 0.05) is 6.54 Å². The van der Waals surface area contributed by atoms with Gasteiger partial charge < -0.3 is 35.1 Å². The average molecular weight is 343 g/mol. The van der Waals surface area contributed by atoms with E-state index in [2.05, 4.69) is 4.52 Å². The number of hydrogen-bond donors (Lipinski definition) is 4. The molecule has 0 amide bonds. The first kappa shape index (κ1) is 18.2. The maximum atomic E-state index is 11.9. The van der Waals surface area contributed by atoms with Gasteiger partial charge in [-0.3, -0.25) is 9.05 Å². The molecule has 2 heterocycles. The Balaban J connectivity index is 2.13. The van der Waals surface area contributed by atoms with Crippen LogP contribution in [0.4, 0.5) is 0 Å². The Labute approximate surface area is 127 Å². The summed E-state index contributed by atoms with van der Waals surface area (Å²) in [6.45, 7) is 2.54. The third kappa shape index (κ3) is 4.04. The van der Waals surface area contributed by atoms with Gasteiger partial charge in [-0.15, -0.1) is 0 Å². The van der Waals surface area contributed by atoms with Gasteiger partial charge in [0.05, 0.1) is 13.2 Å². The first-order valence-corrected chi connectivity index (χ1v) is 8.34. The van der Waals surface area contributed by atoms with Gasteiger partial charge in [0.15, 0.2) is 12.1 Å². The zero-order valence-corrected chi connectivity index (χ0v) is 13.2. The number of phosphoric acid groups is 1. The summed E-state index contributed by atoms with van der Waals surface area (Å²) in [6, 6.07) is 0. The molecule has 130 valence electrons. The first-order chi connectivity index (χ1) is 10.2. The van der Waals surface area contributed by atoms with Crippen LogP contribution in [0, 0.1) is 0 Å². The van der Waals surface area contributed by atoms with Crippen LogP contribution < -0.4 is 5.73 Å². The lowest BCUT2D eigenvalue weighted by Crippen LogP contribution is -2.43. The minimum atomic E-state index is -4.43. The summed E-state index contributed by atoms with van der Waals surface area (Å²) >= 11 is 0. The fourth-order valence-corrected chi connectivity index (χ4v) is 3.33. The van der Waals surface area contributed by atoms with Crippen LogP contribution in [0.1, 0.15) is 13.8 Å². The molecule has 2 aliphatic rings. The van der Waals surface area contributed by atoms with Gasteiger partial charge in [-0.2, -0.15) is 0 Å². The number of hydrogen-bond acceptors (Lipinski definition) is 9. The van der Waals surface area contributed by atoms with E-state index < -0.39 is 50.9 Å². The van der Waals surface area contributed by atoms with Crippen LogP contribution in [0.2, 0.25) is 0 Å². The zero-order valence-electron chi connectivity index (χ0n) is 12.3. The van der Waals surface area contributed by atoms with Crippen molar-refractivity contribution in [3.05, 3.63) is 0 Å². The molecule has 0 aromatic rings. The van der Waals surface area contributed by atoms with Gasteiger partial charge >= 0.3 is 7.82 Å². The van der Waals surface area contributed by atoms with Crippen molar-refractivity contribution in [3.8, 4) is 0 Å². The number of nitrogens with two attached hydrogens (primary N) is 1. The molecule has 11 heteroatoms. The largest absolute Gasteiger partial charge is 0.472 e. The highest BCUT2D eigenvalue weighted by molar-refractivity contribution is 7.47. The Morgan fingerprint density at radius 1 is 1.41 bits per heavy atom. The molecule has 0 spiro atoms. The minimum Gasteiger partial charge on any atom is -0.394 e. The van der Waals surface area contributed by atoms with Crippen molar-refractivity contribution in [1.29, 1.82) is 0 Å². The molecule has 22 heavy (non-hydrogen) atoms. The molecule has 0 bridgehead atoms. The number of aliphatic hydroxyl groups excluding tert-OH is 2. The van der Waals surface area contributed by atoms with Gasteiger partial charge in [-0.25, -0.2) is 4.57 Å². The summed E-state index contributed by atoms with van der Waals surface area (Å²) in [4.78, 5) is 9.69. The molecule has 2 saturated heterocycles. The van der Waals surface area contributed by atoms with E-state index in [1.807, 2.05) is 0 Å². The summed E-state index contributed by atoms with van der Waals surface area (Å²) < 4.78 is 38.1. The Hall–Kier alpha value is -0.130. The van der Waals surface area contributed by atoms with Crippen LogP contribution in [0.25, 0.3) is 0 Å². The van der Waals surface area contributed by atoms with E-state index in [4.69, 9.17) is 29.6 Å². The maximum Gasteiger partial charge on any atom is 0.472 e. The van der Waals surface area contributed by atoms with E-state index in [1.54, 1.807) is 13.8 Å². The first-order valence-electron chi connectivity index (χ1n) is 6.85. The summed E-state index contributed by atoms with van der Waals surface area (Å²) in [5, 5.41) is 18.9. The SMILES string of the molecule is CC1(C)O[C@H]2O[C@H]([C@H](O)CO)[C@H](OP(=O)(O)OCCN)[C@H]2O1. The second kappa shape index (κ2) is 6.78. The fraction of sp³-hybridized carbons (Fsp3) is 1.00. The van der Waals surface area contributed by atoms with Crippen molar-refractivity contribution in [2.75, 3.05) is 19.8 Å². The van der Waals surface area contributed by atoms with Gasteiger partial charge in [0.25, 0.3) is 0 Å². The molecule has 2 aliphatic heterocycles. The van der Waals surface area contributed by atoms with Crippen LogP contribution in [-0.4, -0.2) is 71.4 Å². The Kier molecular flexibility index (Phi) is 5.61. The monoisotopic (exact) mass is 343 g/mol. The summed E-state index contributed by atoms with van der Waals surface area (Å²) in [5.74, 6) is -0.969. The van der Waals surface area contributed by atoms with Crippen molar-refractivity contribution in [2.24, 2.45) is 5.73 Å². The highest BCUT2D eigenvalue weighted by atomic mass is 31.2. The molecule has 0 aliphatic carbocycles. The normalized spacial score (nSPS) is 37.7. The molecule has 2 rings (SSSR count). The summed E-state index contributed by atoms with van der Waals surface area (Å²) in [5.41, 5.74) is 5.21. The van der Waals surface area contributed by atoms with Crippen molar-refractivity contribution in [3.63, 3.8) is 0 Å². The van der Waals surface area contributed by atoms with Crippen LogP contribution in [-0.2, 0) is 27.8 Å². The topological polar surface area (TPSA) is 150 Å². The van der Waals surface area contributed by atoms with E-state index in [0.29, 0.717) is 0 Å². The van der Waals surface area contributed by atoms with E-state index in [9.17, 15) is 14.6 Å². The van der Waals surface area contributed by atoms with E-state index in [-0.39, 0.29) is 13.2 Å². The van der Waals surface area contributed by atoms with Crippen LogP contribution >= 0.6 is 7.82 Å². The molecule has 0 aromatic heterocycles. The average Bonchev–Trinajstić information content (AvgIpc) is 2.89. The predicted octanol–water partition coefficient (Wildman–Crippen LogP) is -1.32. The second-order valence-corrected chi connectivity index (χ2v) is 6.89. The molecule has 10 nitrogen and oxygen atoms in total. The number of rotatable bonds is 7. The summed E-state index contributed by atoms with van der Waals surface area (Å²) in [7, 11) is -4.43. The molecule has 6 atom stereocenters. The quantitative estimate of drug-likeness (QED) is 0.410. The van der Waals surface area contributed by atoms with Gasteiger partial charge in [-0.05, 0) is 13.8 Å². The van der Waals surface area contributed by atoms with Crippen LogP contribution in [0.3, 0.4) is 0 Å². The van der Waals surface area contributed by atoms with Crippen molar-refractivity contribution >= 4 is 7.82 Å². The third-order valence-electron chi connectivity index (χ3n) is 3.22. The Morgan fingerprint density at radius 3 is 2.68 bits per heavy atom. The van der Waals surface area contributed by atoms with E-state index >= 15 is 0 Å². The standard InChI is InChI=1S/C11H22NO9P/c1-11(2)19-9-8(21-22(15,16)17-4-3-12)7(6(14)5-13)18-10(9)20-11/h6-10,13-14H,3-5,12H2,1-2H3,(H,15,16)/t6-,7-,8+,9-,10-/m1/s1. The molecule has 0 saturated carbocycles. The molecule has 2 fully saturated rings. The lowest BCUT2D eigenvalue weighted by Gasteiger charge is -2.28. The van der Waals surface area contributed by atoms with Gasteiger partial charge in [0.2, 0.25) is 0 Å². The molecule has 5 N–H and O–H groups in total. The highest BCUT2D eigenvalue weighted by Crippen LogP contribution is 2.50. The smallest absolute Gasteiger partial charge is 0.394 e. The maximum absolute atomic E-state index is 11.9. The van der Waals surface area contributed by atoms with Gasteiger partial charge in [0.1, 0.15) is 24.4 Å². The second-order valence-electron chi connectivity index (χ2n) is 5.48. The van der Waals surface area contributed by atoms with E-state index in [1.165, 1.54) is 0 Å². The molecular weight excluding hydrogens is 321 g/mol. The molecule has 0 aromatic carbocycles. The highest BCUT2D eigenvalue weighted by Gasteiger charge is 2.58. The van der Waals surface area contributed by atoms with Crippen molar-refractivity contribution < 1.29 is 42.9 Å². The number of aliphatic hydroxyl groups is 2. The fourth-order valence-electron chi connectivity index (χ4n) is 2.39. The lowest BCUT2D eigenvalue weighted by atomic mass is 10.1. The number of fused-ring (bicyclic) bond motifs is 1. The zero-order chi connectivity index (χ0) is 16.5. The van der Waals surface area contributed by atoms with Crippen molar-refractivity contribution in [1.82, 2.24) is 0 Å². The van der Waals surface area contributed by atoms with E-state index in [0.717, 1.165) is 0 Å². The van der Waals surface area contributed by atoms with Crippen LogP contribution in [0.5, 0.6) is 0 Å². The molecule has 0 radical (unpaired) electrons. The molecular formula is C11H22NO9P. The van der Waals surface area contributed by atoms with Gasteiger partial charge in [-0.1, -0.05) is 0 Å². The Bertz CT molecular complexity index is 434. The molecule has 1 unspecified atom stereocenters. The predicted molar refractivity (Wildman–Crippen MR) is 71.5 cm³/mol. The van der Waals surface area contributed by atoms with Crippen molar-refractivity contribution in [2.45, 2.75) is 50.3 Å².